The Kier molecular flexibility index (Phi) is 3.25. The lowest BCUT2D eigenvalue weighted by molar-refractivity contribution is 0.0950. The second-order valence-electron chi connectivity index (χ2n) is 4.61. The summed E-state index contributed by atoms with van der Waals surface area (Å²) >= 11 is 0. The summed E-state index contributed by atoms with van der Waals surface area (Å²) in [5.74, 6) is -0.347. The quantitative estimate of drug-likeness (QED) is 0.567. The second-order valence-corrected chi connectivity index (χ2v) is 4.61. The number of hydrogen-bond donors (Lipinski definition) is 3. The van der Waals surface area contributed by atoms with Crippen LogP contribution in [0, 0.1) is 19.3 Å². The predicted octanol–water partition coefficient (Wildman–Crippen LogP) is 1.01. The Morgan fingerprint density at radius 1 is 1.53 bits per heavy atom. The van der Waals surface area contributed by atoms with E-state index in [-0.39, 0.29) is 11.7 Å². The summed E-state index contributed by atoms with van der Waals surface area (Å²) in [6.07, 6.45) is 1.81. The van der Waals surface area contributed by atoms with Crippen molar-refractivity contribution in [1.82, 2.24) is 14.7 Å². The minimum absolute atomic E-state index is 0.0721. The van der Waals surface area contributed by atoms with Crippen LogP contribution in [0.3, 0.4) is 0 Å². The molecule has 19 heavy (non-hydrogen) atoms. The van der Waals surface area contributed by atoms with Crippen molar-refractivity contribution >= 4 is 17.4 Å². The zero-order valence-corrected chi connectivity index (χ0v) is 11.2. The first kappa shape index (κ1) is 13.1. The maximum Gasteiger partial charge on any atom is 0.255 e. The molecule has 0 saturated heterocycles. The van der Waals surface area contributed by atoms with Crippen LogP contribution in [0.15, 0.2) is 18.3 Å². The van der Waals surface area contributed by atoms with Crippen LogP contribution in [0.4, 0.5) is 0 Å². The van der Waals surface area contributed by atoms with Gasteiger partial charge in [0.05, 0.1) is 11.6 Å². The summed E-state index contributed by atoms with van der Waals surface area (Å²) in [5.41, 5.74) is 8.32. The fraction of sp³-hybridized carbons (Fsp3) is 0.308. The van der Waals surface area contributed by atoms with Crippen molar-refractivity contribution in [1.29, 1.82) is 5.41 Å². The third-order valence-corrected chi connectivity index (χ3v) is 3.00. The SMILES string of the molecule is Cc1cc(C)n2ccc(C(=O)NC(C)C(=N)N)c2n1. The number of rotatable bonds is 3. The Hall–Kier alpha value is -2.37. The highest BCUT2D eigenvalue weighted by Crippen LogP contribution is 2.14. The first-order valence-electron chi connectivity index (χ1n) is 6.00. The number of nitrogens with one attached hydrogen (secondary N) is 2. The summed E-state index contributed by atoms with van der Waals surface area (Å²) in [5, 5.41) is 9.96. The molecule has 0 spiro atoms. The Balaban J connectivity index is 2.41. The van der Waals surface area contributed by atoms with Gasteiger partial charge in [0, 0.05) is 17.6 Å². The highest BCUT2D eigenvalue weighted by molar-refractivity contribution is 6.02. The van der Waals surface area contributed by atoms with Crippen LogP contribution in [-0.2, 0) is 0 Å². The number of nitrogens with zero attached hydrogens (tertiary/aromatic N) is 2. The molecule has 0 saturated carbocycles. The molecule has 2 heterocycles. The number of fused-ring (bicyclic) bond motifs is 1. The number of hydrogen-bond acceptors (Lipinski definition) is 3. The van der Waals surface area contributed by atoms with Crippen LogP contribution in [-0.4, -0.2) is 27.2 Å². The van der Waals surface area contributed by atoms with Crippen molar-refractivity contribution in [2.75, 3.05) is 0 Å². The number of carbonyl (C=O) groups excluding carboxylic acids is 1. The van der Waals surface area contributed by atoms with Crippen molar-refractivity contribution in [3.05, 3.63) is 35.3 Å². The molecule has 0 aliphatic carbocycles. The fourth-order valence-corrected chi connectivity index (χ4v) is 1.92. The molecule has 0 fully saturated rings. The standard InChI is InChI=1S/C13H17N5O/c1-7-6-8(2)18-5-4-10(12(18)16-7)13(19)17-9(3)11(14)15/h4-6,9H,1-3H3,(H3,14,15)(H,17,19). The maximum absolute atomic E-state index is 12.1. The molecule has 4 N–H and O–H groups in total. The Morgan fingerprint density at radius 2 is 2.21 bits per heavy atom. The van der Waals surface area contributed by atoms with Gasteiger partial charge in [-0.1, -0.05) is 0 Å². The minimum Gasteiger partial charge on any atom is -0.386 e. The lowest BCUT2D eigenvalue weighted by Crippen LogP contribution is -2.41. The number of aryl methyl sites for hydroxylation is 2. The van der Waals surface area contributed by atoms with Gasteiger partial charge in [-0.25, -0.2) is 4.98 Å². The minimum atomic E-state index is -0.492. The zero-order valence-electron chi connectivity index (χ0n) is 11.2. The van der Waals surface area contributed by atoms with Crippen LogP contribution < -0.4 is 11.1 Å². The lowest BCUT2D eigenvalue weighted by Gasteiger charge is -2.11. The number of amidine groups is 1. The highest BCUT2D eigenvalue weighted by Gasteiger charge is 2.16. The van der Waals surface area contributed by atoms with E-state index in [1.54, 1.807) is 13.0 Å². The third kappa shape index (κ3) is 2.42. The Bertz CT molecular complexity index is 658. The van der Waals surface area contributed by atoms with E-state index in [9.17, 15) is 4.79 Å². The fourth-order valence-electron chi connectivity index (χ4n) is 1.92. The molecule has 100 valence electrons. The molecule has 2 rings (SSSR count). The van der Waals surface area contributed by atoms with Crippen LogP contribution >= 0.6 is 0 Å². The number of amides is 1. The monoisotopic (exact) mass is 259 g/mol. The molecule has 1 atom stereocenters. The van der Waals surface area contributed by atoms with Crippen molar-refractivity contribution < 1.29 is 4.79 Å². The summed E-state index contributed by atoms with van der Waals surface area (Å²) in [6, 6.07) is 3.18. The van der Waals surface area contributed by atoms with Crippen molar-refractivity contribution in [2.45, 2.75) is 26.8 Å². The molecular weight excluding hydrogens is 242 g/mol. The number of aromatic nitrogens is 2. The Morgan fingerprint density at radius 3 is 2.84 bits per heavy atom. The van der Waals surface area contributed by atoms with Gasteiger partial charge >= 0.3 is 0 Å². The molecule has 0 aliphatic rings. The molecule has 0 bridgehead atoms. The molecule has 0 radical (unpaired) electrons. The van der Waals surface area contributed by atoms with E-state index in [0.29, 0.717) is 11.2 Å². The van der Waals surface area contributed by atoms with E-state index in [4.69, 9.17) is 11.1 Å². The summed E-state index contributed by atoms with van der Waals surface area (Å²) in [7, 11) is 0. The molecule has 2 aromatic rings. The average molecular weight is 259 g/mol. The second kappa shape index (κ2) is 4.72. The van der Waals surface area contributed by atoms with E-state index in [0.717, 1.165) is 11.4 Å². The van der Waals surface area contributed by atoms with Gasteiger partial charge in [-0.15, -0.1) is 0 Å². The average Bonchev–Trinajstić information content (AvgIpc) is 2.72. The number of nitrogens with two attached hydrogens (primary N) is 1. The summed E-state index contributed by atoms with van der Waals surface area (Å²) in [6.45, 7) is 5.52. The van der Waals surface area contributed by atoms with Crippen molar-refractivity contribution in [3.8, 4) is 0 Å². The van der Waals surface area contributed by atoms with Crippen molar-refractivity contribution in [3.63, 3.8) is 0 Å². The smallest absolute Gasteiger partial charge is 0.255 e. The molecular formula is C13H17N5O. The topological polar surface area (TPSA) is 96.3 Å². The largest absolute Gasteiger partial charge is 0.386 e. The van der Waals surface area contributed by atoms with Gasteiger partial charge in [0.15, 0.2) is 0 Å². The van der Waals surface area contributed by atoms with Gasteiger partial charge in [-0.05, 0) is 32.9 Å². The van der Waals surface area contributed by atoms with E-state index in [2.05, 4.69) is 10.3 Å². The molecule has 0 aromatic carbocycles. The van der Waals surface area contributed by atoms with E-state index in [1.807, 2.05) is 30.5 Å². The van der Waals surface area contributed by atoms with E-state index < -0.39 is 6.04 Å². The van der Waals surface area contributed by atoms with Crippen LogP contribution in [0.25, 0.3) is 5.65 Å². The molecule has 2 aromatic heterocycles. The predicted molar refractivity (Wildman–Crippen MR) is 73.5 cm³/mol. The normalized spacial score (nSPS) is 12.4. The van der Waals surface area contributed by atoms with Gasteiger partial charge in [0.2, 0.25) is 0 Å². The van der Waals surface area contributed by atoms with Gasteiger partial charge in [0.1, 0.15) is 11.5 Å². The summed E-state index contributed by atoms with van der Waals surface area (Å²) in [4.78, 5) is 16.5. The van der Waals surface area contributed by atoms with E-state index in [1.165, 1.54) is 0 Å². The van der Waals surface area contributed by atoms with Crippen LogP contribution in [0.1, 0.15) is 28.7 Å². The van der Waals surface area contributed by atoms with E-state index >= 15 is 0 Å². The lowest BCUT2D eigenvalue weighted by atomic mass is 10.2. The molecule has 6 heteroatoms. The van der Waals surface area contributed by atoms with Crippen LogP contribution in [0.2, 0.25) is 0 Å². The zero-order chi connectivity index (χ0) is 14.2. The van der Waals surface area contributed by atoms with Gasteiger partial charge < -0.3 is 15.5 Å². The highest BCUT2D eigenvalue weighted by atomic mass is 16.1. The molecule has 0 aliphatic heterocycles. The summed E-state index contributed by atoms with van der Waals surface area (Å²) < 4.78 is 1.86. The first-order chi connectivity index (χ1) is 8.90. The van der Waals surface area contributed by atoms with Gasteiger partial charge in [-0.2, -0.15) is 0 Å². The van der Waals surface area contributed by atoms with Crippen molar-refractivity contribution in [2.24, 2.45) is 5.73 Å². The van der Waals surface area contributed by atoms with Gasteiger partial charge in [-0.3, -0.25) is 10.2 Å². The molecule has 1 amide bonds. The Labute approximate surface area is 111 Å². The third-order valence-electron chi connectivity index (χ3n) is 3.00. The molecule has 6 nitrogen and oxygen atoms in total. The molecule has 1 unspecified atom stereocenters. The van der Waals surface area contributed by atoms with Crippen LogP contribution in [0.5, 0.6) is 0 Å². The number of carbonyl (C=O) groups is 1. The van der Waals surface area contributed by atoms with Gasteiger partial charge in [0.25, 0.3) is 5.91 Å². The maximum atomic E-state index is 12.1. The first-order valence-corrected chi connectivity index (χ1v) is 6.00.